The number of carbonyl (C=O) groups excluding carboxylic acids is 1. The van der Waals surface area contributed by atoms with Gasteiger partial charge in [0.25, 0.3) is 5.48 Å². The molecule has 0 amide bonds. The van der Waals surface area contributed by atoms with Crippen molar-refractivity contribution in [2.45, 2.75) is 19.9 Å². The average Bonchev–Trinajstić information content (AvgIpc) is 2.33. The second-order valence-corrected chi connectivity index (χ2v) is 6.68. The molecule has 2 unspecified atom stereocenters. The molecular formula is C13H25NO4P+. The van der Waals surface area contributed by atoms with Crippen molar-refractivity contribution >= 4 is 19.2 Å². The molecule has 0 rings (SSSR count). The molecule has 6 heteroatoms. The summed E-state index contributed by atoms with van der Waals surface area (Å²) in [7, 11) is 4.38. The Morgan fingerprint density at radius 1 is 1.42 bits per heavy atom. The maximum absolute atomic E-state index is 12.3. The van der Waals surface area contributed by atoms with Gasteiger partial charge in [-0.2, -0.15) is 0 Å². The maximum atomic E-state index is 12.3. The summed E-state index contributed by atoms with van der Waals surface area (Å²) in [6.45, 7) is 7.74. The van der Waals surface area contributed by atoms with E-state index in [4.69, 9.17) is 9.47 Å². The molecule has 19 heavy (non-hydrogen) atoms. The molecule has 0 fully saturated rings. The second kappa shape index (κ2) is 8.43. The van der Waals surface area contributed by atoms with E-state index in [-0.39, 0.29) is 18.8 Å². The lowest BCUT2D eigenvalue weighted by Crippen LogP contribution is -2.49. The van der Waals surface area contributed by atoms with Crippen LogP contribution in [0.3, 0.4) is 0 Å². The van der Waals surface area contributed by atoms with Gasteiger partial charge in [-0.1, -0.05) is 6.58 Å². The van der Waals surface area contributed by atoms with Gasteiger partial charge in [0.2, 0.25) is 0 Å². The summed E-state index contributed by atoms with van der Waals surface area (Å²) < 4.78 is 11.0. The number of hydrogen-bond donors (Lipinski definition) is 0. The molecule has 0 spiro atoms. The second-order valence-electron chi connectivity index (χ2n) is 5.04. The summed E-state index contributed by atoms with van der Waals surface area (Å²) >= 11 is 0. The molecule has 0 aliphatic carbocycles. The highest BCUT2D eigenvalue weighted by Crippen LogP contribution is 2.20. The van der Waals surface area contributed by atoms with Crippen LogP contribution in [0, 0.1) is 0 Å². The molecular weight excluding hydrogens is 265 g/mol. The fourth-order valence-electron chi connectivity index (χ4n) is 1.28. The molecule has 0 N–H and O–H groups in total. The third kappa shape index (κ3) is 6.83. The molecule has 2 atom stereocenters. The highest BCUT2D eigenvalue weighted by atomic mass is 31.1. The molecule has 0 heterocycles. The van der Waals surface area contributed by atoms with Gasteiger partial charge in [0.15, 0.2) is 6.04 Å². The summed E-state index contributed by atoms with van der Waals surface area (Å²) in [5, 5.41) is 0. The summed E-state index contributed by atoms with van der Waals surface area (Å²) in [6, 6.07) is 0.0127. The summed E-state index contributed by atoms with van der Waals surface area (Å²) in [5.74, 6) is -0.499. The number of esters is 1. The predicted molar refractivity (Wildman–Crippen MR) is 77.1 cm³/mol. The number of nitrogens with zero attached hydrogens (tertiary/aromatic N) is 1. The Labute approximate surface area is 116 Å². The van der Waals surface area contributed by atoms with Gasteiger partial charge in [0.05, 0.1) is 35.5 Å². The number of carbonyl (C=O) groups is 1. The van der Waals surface area contributed by atoms with Crippen LogP contribution in [-0.2, 0) is 14.3 Å². The highest BCUT2D eigenvalue weighted by molar-refractivity contribution is 7.51. The SMILES string of the molecule is C=CC(=O)OCC[P+]([O-])=C(OCC)C(C)[N+](C)(C)C. The largest absolute Gasteiger partial charge is 0.628 e. The number of ether oxygens (including phenoxy) is 2. The third-order valence-electron chi connectivity index (χ3n) is 2.76. The monoisotopic (exact) mass is 290 g/mol. The predicted octanol–water partition coefficient (Wildman–Crippen LogP) is 0.734. The first kappa shape index (κ1) is 18.3. The van der Waals surface area contributed by atoms with Crippen LogP contribution in [0.2, 0.25) is 0 Å². The van der Waals surface area contributed by atoms with E-state index >= 15 is 0 Å². The molecule has 0 aromatic carbocycles. The molecule has 0 aliphatic heterocycles. The third-order valence-corrected chi connectivity index (χ3v) is 4.35. The van der Waals surface area contributed by atoms with Crippen molar-refractivity contribution in [1.29, 1.82) is 0 Å². The van der Waals surface area contributed by atoms with E-state index < -0.39 is 13.7 Å². The average molecular weight is 290 g/mol. The van der Waals surface area contributed by atoms with Crippen LogP contribution in [0.15, 0.2) is 12.7 Å². The fourth-order valence-corrected chi connectivity index (χ4v) is 2.79. The van der Waals surface area contributed by atoms with Gasteiger partial charge in [-0.25, -0.2) is 4.79 Å². The summed E-state index contributed by atoms with van der Waals surface area (Å²) in [5.41, 5.74) is 0.583. The minimum absolute atomic E-state index is 0.0127. The van der Waals surface area contributed by atoms with Crippen molar-refractivity contribution in [3.63, 3.8) is 0 Å². The molecule has 0 aromatic rings. The Kier molecular flexibility index (Phi) is 8.11. The molecule has 0 bridgehead atoms. The van der Waals surface area contributed by atoms with E-state index in [9.17, 15) is 9.69 Å². The summed E-state index contributed by atoms with van der Waals surface area (Å²) in [4.78, 5) is 23.2. The normalized spacial score (nSPS) is 14.6. The molecule has 0 saturated heterocycles. The molecule has 0 saturated carbocycles. The number of rotatable bonds is 8. The quantitative estimate of drug-likeness (QED) is 0.286. The van der Waals surface area contributed by atoms with E-state index in [2.05, 4.69) is 6.58 Å². The molecule has 110 valence electrons. The molecule has 5 nitrogen and oxygen atoms in total. The van der Waals surface area contributed by atoms with Crippen LogP contribution in [0.25, 0.3) is 0 Å². The van der Waals surface area contributed by atoms with Gasteiger partial charge in [-0.3, -0.25) is 0 Å². The van der Waals surface area contributed by atoms with E-state index in [0.29, 0.717) is 16.6 Å². The molecule has 0 radical (unpaired) electrons. The lowest BCUT2D eigenvalue weighted by molar-refractivity contribution is -0.883. The Balaban J connectivity index is 4.76. The zero-order valence-corrected chi connectivity index (χ0v) is 13.4. The van der Waals surface area contributed by atoms with Gasteiger partial charge in [0, 0.05) is 6.08 Å². The van der Waals surface area contributed by atoms with Gasteiger partial charge >= 0.3 is 5.97 Å². The van der Waals surface area contributed by atoms with Crippen LogP contribution < -0.4 is 4.89 Å². The van der Waals surface area contributed by atoms with Gasteiger partial charge in [-0.15, -0.1) is 0 Å². The number of likely N-dealkylation sites (N-methyl/N-ethyl adjacent to an activating group) is 1. The van der Waals surface area contributed by atoms with E-state index in [1.807, 2.05) is 35.0 Å². The van der Waals surface area contributed by atoms with Crippen molar-refractivity contribution in [3.05, 3.63) is 12.7 Å². The first-order valence-corrected chi connectivity index (χ1v) is 7.73. The smallest absolute Gasteiger partial charge is 0.330 e. The lowest BCUT2D eigenvalue weighted by Gasteiger charge is -2.30. The highest BCUT2D eigenvalue weighted by Gasteiger charge is 2.30. The van der Waals surface area contributed by atoms with Gasteiger partial charge < -0.3 is 18.9 Å². The van der Waals surface area contributed by atoms with Crippen molar-refractivity contribution in [1.82, 2.24) is 0 Å². The minimum Gasteiger partial charge on any atom is -0.628 e. The van der Waals surface area contributed by atoms with Crippen molar-refractivity contribution in [2.75, 3.05) is 40.5 Å². The first-order valence-electron chi connectivity index (χ1n) is 6.28. The Morgan fingerprint density at radius 3 is 2.42 bits per heavy atom. The lowest BCUT2D eigenvalue weighted by atomic mass is 10.3. The zero-order chi connectivity index (χ0) is 15.1. The minimum atomic E-state index is -1.67. The first-order chi connectivity index (χ1) is 8.73. The molecule has 0 aliphatic rings. The Morgan fingerprint density at radius 2 is 2.00 bits per heavy atom. The van der Waals surface area contributed by atoms with Crippen LogP contribution in [0.5, 0.6) is 0 Å². The van der Waals surface area contributed by atoms with Crippen LogP contribution >= 0.6 is 7.77 Å². The summed E-state index contributed by atoms with van der Waals surface area (Å²) in [6.07, 6.45) is 1.36. The standard InChI is InChI=1S/C13H25NO4P/c1-7-12(15)18-9-10-19(16)13(17-8-2)11(3)14(4,5)6/h7,11H,1,8-10H2,2-6H3/q+1. The van der Waals surface area contributed by atoms with Crippen molar-refractivity contribution < 1.29 is 23.6 Å². The number of hydrogen-bond acceptors (Lipinski definition) is 4. The van der Waals surface area contributed by atoms with Gasteiger partial charge in [-0.05, 0) is 13.8 Å². The van der Waals surface area contributed by atoms with Crippen LogP contribution in [0.4, 0.5) is 0 Å². The fraction of sp³-hybridized carbons (Fsp3) is 0.692. The van der Waals surface area contributed by atoms with E-state index in [1.54, 1.807) is 0 Å². The number of quaternary nitrogens is 1. The Hall–Kier alpha value is -0.740. The zero-order valence-electron chi connectivity index (χ0n) is 12.5. The Bertz CT molecular complexity index is 347. The van der Waals surface area contributed by atoms with Crippen molar-refractivity contribution in [2.24, 2.45) is 0 Å². The van der Waals surface area contributed by atoms with E-state index in [0.717, 1.165) is 6.08 Å². The van der Waals surface area contributed by atoms with Crippen molar-refractivity contribution in [3.8, 4) is 0 Å². The maximum Gasteiger partial charge on any atom is 0.330 e. The van der Waals surface area contributed by atoms with Gasteiger partial charge in [0.1, 0.15) is 12.8 Å². The van der Waals surface area contributed by atoms with E-state index in [1.165, 1.54) is 0 Å². The molecule has 0 aromatic heterocycles. The van der Waals surface area contributed by atoms with Crippen LogP contribution in [0.1, 0.15) is 13.8 Å². The topological polar surface area (TPSA) is 58.6 Å². The van der Waals surface area contributed by atoms with Crippen LogP contribution in [-0.4, -0.2) is 62.5 Å².